The van der Waals surface area contributed by atoms with Crippen molar-refractivity contribution < 1.29 is 9.90 Å². The minimum Gasteiger partial charge on any atom is -0.478 e. The number of rotatable bonds is 2. The number of hydrogen-bond donors (Lipinski definition) is 1. The van der Waals surface area contributed by atoms with E-state index >= 15 is 0 Å². The van der Waals surface area contributed by atoms with Gasteiger partial charge in [-0.05, 0) is 6.07 Å². The molecule has 0 aromatic carbocycles. The molecule has 0 aliphatic rings. The molecule has 14 heavy (non-hydrogen) atoms. The molecule has 0 aliphatic carbocycles. The van der Waals surface area contributed by atoms with E-state index in [1.165, 1.54) is 24.0 Å². The minimum atomic E-state index is -0.966. The fraction of sp³-hybridized carbons (Fsp3) is 0.444. The molecule has 1 heterocycles. The van der Waals surface area contributed by atoms with Crippen molar-refractivity contribution in [1.82, 2.24) is 10.2 Å². The number of carboxylic acids is 1. The second-order valence-electron chi connectivity index (χ2n) is 3.77. The molecule has 5 heteroatoms. The van der Waals surface area contributed by atoms with Crippen LogP contribution in [0.15, 0.2) is 17.3 Å². The number of aromatic nitrogens is 2. The molecule has 0 atom stereocenters. The van der Waals surface area contributed by atoms with Gasteiger partial charge in [-0.3, -0.25) is 0 Å². The van der Waals surface area contributed by atoms with E-state index < -0.39 is 5.97 Å². The summed E-state index contributed by atoms with van der Waals surface area (Å²) >= 11 is 1.40. The highest BCUT2D eigenvalue weighted by Gasteiger charge is 2.19. The van der Waals surface area contributed by atoms with Crippen LogP contribution in [-0.4, -0.2) is 26.0 Å². The Balaban J connectivity index is 3.02. The second kappa shape index (κ2) is 3.96. The van der Waals surface area contributed by atoms with Crippen LogP contribution in [0.25, 0.3) is 0 Å². The summed E-state index contributed by atoms with van der Waals surface area (Å²) in [6, 6.07) is 1.46. The van der Waals surface area contributed by atoms with Crippen molar-refractivity contribution in [1.29, 1.82) is 0 Å². The Morgan fingerprint density at radius 1 is 1.50 bits per heavy atom. The highest BCUT2D eigenvalue weighted by Crippen LogP contribution is 2.31. The number of thioether (sulfide) groups is 1. The van der Waals surface area contributed by atoms with Gasteiger partial charge in [-0.15, -0.1) is 5.10 Å². The minimum absolute atomic E-state index is 0.0692. The third-order valence-corrected chi connectivity index (χ3v) is 2.43. The Bertz CT molecular complexity index is 347. The summed E-state index contributed by atoms with van der Waals surface area (Å²) < 4.78 is -0.0692. The van der Waals surface area contributed by atoms with E-state index in [0.717, 1.165) is 0 Å². The van der Waals surface area contributed by atoms with Crippen LogP contribution in [0.4, 0.5) is 0 Å². The lowest BCUT2D eigenvalue weighted by Crippen LogP contribution is -2.10. The molecule has 0 saturated heterocycles. The highest BCUT2D eigenvalue weighted by atomic mass is 32.2. The number of hydrogen-bond acceptors (Lipinski definition) is 4. The number of nitrogens with zero attached hydrogens (tertiary/aromatic N) is 2. The zero-order valence-electron chi connectivity index (χ0n) is 8.31. The molecule has 0 fully saturated rings. The molecular formula is C9H12N2O2S. The first-order valence-electron chi connectivity index (χ1n) is 4.14. The lowest BCUT2D eigenvalue weighted by molar-refractivity contribution is 0.0692. The lowest BCUT2D eigenvalue weighted by Gasteiger charge is -2.16. The normalized spacial score (nSPS) is 11.4. The molecule has 1 aromatic heterocycles. The van der Waals surface area contributed by atoms with Gasteiger partial charge in [0.2, 0.25) is 0 Å². The van der Waals surface area contributed by atoms with Gasteiger partial charge in [0.05, 0.1) is 11.8 Å². The van der Waals surface area contributed by atoms with Crippen molar-refractivity contribution in [2.24, 2.45) is 0 Å². The van der Waals surface area contributed by atoms with E-state index in [9.17, 15) is 4.79 Å². The molecule has 0 bridgehead atoms. The Morgan fingerprint density at radius 2 is 2.14 bits per heavy atom. The van der Waals surface area contributed by atoms with Crippen molar-refractivity contribution in [3.63, 3.8) is 0 Å². The van der Waals surface area contributed by atoms with Crippen molar-refractivity contribution in [3.8, 4) is 0 Å². The Hall–Kier alpha value is -1.10. The predicted molar refractivity (Wildman–Crippen MR) is 54.6 cm³/mol. The maximum Gasteiger partial charge on any atom is 0.338 e. The van der Waals surface area contributed by atoms with E-state index in [4.69, 9.17) is 5.11 Å². The van der Waals surface area contributed by atoms with Gasteiger partial charge in [-0.2, -0.15) is 5.10 Å². The van der Waals surface area contributed by atoms with Crippen LogP contribution in [0.3, 0.4) is 0 Å². The van der Waals surface area contributed by atoms with Gasteiger partial charge in [-0.1, -0.05) is 32.5 Å². The topological polar surface area (TPSA) is 63.1 Å². The van der Waals surface area contributed by atoms with Crippen LogP contribution in [-0.2, 0) is 0 Å². The largest absolute Gasteiger partial charge is 0.478 e. The highest BCUT2D eigenvalue weighted by molar-refractivity contribution is 8.00. The Morgan fingerprint density at radius 3 is 2.64 bits per heavy atom. The first-order valence-corrected chi connectivity index (χ1v) is 4.96. The molecule has 0 spiro atoms. The summed E-state index contributed by atoms with van der Waals surface area (Å²) in [5, 5.41) is 16.8. The molecule has 76 valence electrons. The Kier molecular flexibility index (Phi) is 3.10. The molecule has 1 aromatic rings. The van der Waals surface area contributed by atoms with Crippen molar-refractivity contribution >= 4 is 17.7 Å². The standard InChI is InChI=1S/C9H12N2O2S/c1-9(2,3)14-7-6(8(12)13)4-5-10-11-7/h4-5H,1-3H3,(H,12,13). The summed E-state index contributed by atoms with van der Waals surface area (Å²) in [7, 11) is 0. The third kappa shape index (κ3) is 2.99. The van der Waals surface area contributed by atoms with Gasteiger partial charge >= 0.3 is 5.97 Å². The molecule has 0 amide bonds. The van der Waals surface area contributed by atoms with Gasteiger partial charge in [0.15, 0.2) is 0 Å². The fourth-order valence-electron chi connectivity index (χ4n) is 0.847. The molecule has 0 saturated carbocycles. The average molecular weight is 212 g/mol. The zero-order chi connectivity index (χ0) is 10.8. The summed E-state index contributed by atoms with van der Waals surface area (Å²) in [6.45, 7) is 5.99. The maximum atomic E-state index is 10.8. The molecule has 0 aliphatic heterocycles. The van der Waals surface area contributed by atoms with Gasteiger partial charge in [0.1, 0.15) is 5.03 Å². The maximum absolute atomic E-state index is 10.8. The van der Waals surface area contributed by atoms with Crippen LogP contribution < -0.4 is 0 Å². The van der Waals surface area contributed by atoms with E-state index in [2.05, 4.69) is 10.2 Å². The quantitative estimate of drug-likeness (QED) is 0.760. The molecular weight excluding hydrogens is 200 g/mol. The van der Waals surface area contributed by atoms with Gasteiger partial charge in [0, 0.05) is 4.75 Å². The summed E-state index contributed by atoms with van der Waals surface area (Å²) in [6.07, 6.45) is 1.39. The van der Waals surface area contributed by atoms with E-state index in [1.54, 1.807) is 0 Å². The van der Waals surface area contributed by atoms with Gasteiger partial charge in [-0.25, -0.2) is 4.79 Å². The number of carbonyl (C=O) groups is 1. The van der Waals surface area contributed by atoms with Gasteiger partial charge < -0.3 is 5.11 Å². The smallest absolute Gasteiger partial charge is 0.338 e. The second-order valence-corrected chi connectivity index (χ2v) is 5.59. The van der Waals surface area contributed by atoms with Gasteiger partial charge in [0.25, 0.3) is 0 Å². The molecule has 4 nitrogen and oxygen atoms in total. The van der Waals surface area contributed by atoms with Crippen molar-refractivity contribution in [2.45, 2.75) is 30.5 Å². The van der Waals surface area contributed by atoms with Crippen LogP contribution in [0.1, 0.15) is 31.1 Å². The van der Waals surface area contributed by atoms with Crippen LogP contribution >= 0.6 is 11.8 Å². The molecule has 1 N–H and O–H groups in total. The number of carboxylic acid groups (broad SMARTS) is 1. The Labute approximate surface area is 86.7 Å². The summed E-state index contributed by atoms with van der Waals surface area (Å²) in [5.74, 6) is -0.966. The van der Waals surface area contributed by atoms with E-state index in [1.807, 2.05) is 20.8 Å². The lowest BCUT2D eigenvalue weighted by atomic mass is 10.3. The zero-order valence-corrected chi connectivity index (χ0v) is 9.13. The fourth-order valence-corrected chi connectivity index (χ4v) is 1.78. The summed E-state index contributed by atoms with van der Waals surface area (Å²) in [4.78, 5) is 10.8. The first-order chi connectivity index (χ1) is 6.40. The van der Waals surface area contributed by atoms with Crippen LogP contribution in [0.2, 0.25) is 0 Å². The molecule has 1 rings (SSSR count). The van der Waals surface area contributed by atoms with Crippen LogP contribution in [0.5, 0.6) is 0 Å². The molecule has 0 unspecified atom stereocenters. The predicted octanol–water partition coefficient (Wildman–Crippen LogP) is 2.07. The SMILES string of the molecule is CC(C)(C)Sc1nnccc1C(=O)O. The van der Waals surface area contributed by atoms with Crippen molar-refractivity contribution in [2.75, 3.05) is 0 Å². The average Bonchev–Trinajstić information content (AvgIpc) is 2.01. The molecule has 0 radical (unpaired) electrons. The van der Waals surface area contributed by atoms with Crippen molar-refractivity contribution in [3.05, 3.63) is 17.8 Å². The van der Waals surface area contributed by atoms with E-state index in [0.29, 0.717) is 5.03 Å². The first kappa shape index (κ1) is 11.0. The number of aromatic carboxylic acids is 1. The third-order valence-electron chi connectivity index (χ3n) is 1.32. The monoisotopic (exact) mass is 212 g/mol. The van der Waals surface area contributed by atoms with E-state index in [-0.39, 0.29) is 10.3 Å². The van der Waals surface area contributed by atoms with Crippen LogP contribution in [0, 0.1) is 0 Å². The summed E-state index contributed by atoms with van der Waals surface area (Å²) in [5.41, 5.74) is 0.208.